The van der Waals surface area contributed by atoms with Gasteiger partial charge in [0.2, 0.25) is 0 Å². The van der Waals surface area contributed by atoms with Gasteiger partial charge in [-0.3, -0.25) is 10.2 Å². The van der Waals surface area contributed by atoms with E-state index in [1.807, 2.05) is 31.2 Å². The second kappa shape index (κ2) is 5.66. The third kappa shape index (κ3) is 2.38. The molecule has 4 nitrogen and oxygen atoms in total. The van der Waals surface area contributed by atoms with Crippen molar-refractivity contribution in [1.82, 2.24) is 9.99 Å². The molecule has 0 aliphatic carbocycles. The van der Waals surface area contributed by atoms with Crippen LogP contribution in [-0.4, -0.2) is 10.5 Å². The Kier molecular flexibility index (Phi) is 3.69. The van der Waals surface area contributed by atoms with Crippen molar-refractivity contribution in [3.63, 3.8) is 0 Å². The lowest BCUT2D eigenvalue weighted by molar-refractivity contribution is 0.0954. The Hall–Kier alpha value is -2.59. The third-order valence-electron chi connectivity index (χ3n) is 4.01. The predicted octanol–water partition coefficient (Wildman–Crippen LogP) is 2.91. The molecule has 0 aliphatic heterocycles. The number of rotatable bonds is 3. The Bertz CT molecular complexity index is 849. The molecule has 3 rings (SSSR count). The van der Waals surface area contributed by atoms with Crippen molar-refractivity contribution in [2.45, 2.75) is 20.4 Å². The lowest BCUT2D eigenvalue weighted by Crippen LogP contribution is -2.30. The molecule has 4 heteroatoms. The predicted molar refractivity (Wildman–Crippen MR) is 88.6 cm³/mol. The fraction of sp³-hybridized carbons (Fsp3) is 0.167. The molecule has 0 fully saturated rings. The molecule has 0 saturated carbocycles. The van der Waals surface area contributed by atoms with Gasteiger partial charge in [-0.05, 0) is 25.5 Å². The van der Waals surface area contributed by atoms with E-state index in [0.717, 1.165) is 23.1 Å². The Balaban J connectivity index is 2.17. The molecular weight excluding hydrogens is 274 g/mol. The summed E-state index contributed by atoms with van der Waals surface area (Å²) in [6, 6.07) is 16.3. The van der Waals surface area contributed by atoms with Crippen molar-refractivity contribution >= 4 is 16.8 Å². The smallest absolute Gasteiger partial charge is 0.267 e. The average Bonchev–Trinajstić information content (AvgIpc) is 2.79. The summed E-state index contributed by atoms with van der Waals surface area (Å²) >= 11 is 0. The number of para-hydroxylation sites is 1. The van der Waals surface area contributed by atoms with Crippen LogP contribution >= 0.6 is 0 Å². The zero-order chi connectivity index (χ0) is 15.7. The first-order valence-corrected chi connectivity index (χ1v) is 7.26. The SMILES string of the molecule is Cc1cccc(Cn2c(C)c(C(=O)NN)c3ccccc32)c1. The molecule has 3 aromatic rings. The minimum atomic E-state index is -0.253. The Morgan fingerprint density at radius 1 is 1.14 bits per heavy atom. The molecule has 1 heterocycles. The van der Waals surface area contributed by atoms with Gasteiger partial charge < -0.3 is 4.57 Å². The number of benzene rings is 2. The van der Waals surface area contributed by atoms with Crippen LogP contribution in [0, 0.1) is 13.8 Å². The normalized spacial score (nSPS) is 10.9. The molecule has 0 spiro atoms. The van der Waals surface area contributed by atoms with Gasteiger partial charge in [-0.15, -0.1) is 0 Å². The summed E-state index contributed by atoms with van der Waals surface area (Å²) < 4.78 is 2.16. The van der Waals surface area contributed by atoms with E-state index in [9.17, 15) is 4.79 Å². The standard InChI is InChI=1S/C18H19N3O/c1-12-6-5-7-14(10-12)11-21-13(2)17(18(22)20-19)15-8-3-4-9-16(15)21/h3-10H,11,19H2,1-2H3,(H,20,22). The maximum absolute atomic E-state index is 12.1. The number of amides is 1. The lowest BCUT2D eigenvalue weighted by atomic mass is 10.1. The molecule has 1 amide bonds. The van der Waals surface area contributed by atoms with Crippen molar-refractivity contribution in [2.24, 2.45) is 5.84 Å². The van der Waals surface area contributed by atoms with Gasteiger partial charge in [0, 0.05) is 23.1 Å². The molecular formula is C18H19N3O. The van der Waals surface area contributed by atoms with Crippen molar-refractivity contribution in [3.8, 4) is 0 Å². The number of nitrogens with two attached hydrogens (primary N) is 1. The highest BCUT2D eigenvalue weighted by atomic mass is 16.2. The zero-order valence-electron chi connectivity index (χ0n) is 12.8. The average molecular weight is 293 g/mol. The number of carbonyl (C=O) groups excluding carboxylic acids is 1. The van der Waals surface area contributed by atoms with Gasteiger partial charge in [0.1, 0.15) is 0 Å². The monoisotopic (exact) mass is 293 g/mol. The van der Waals surface area contributed by atoms with Crippen LogP contribution in [0.15, 0.2) is 48.5 Å². The fourth-order valence-corrected chi connectivity index (χ4v) is 2.99. The van der Waals surface area contributed by atoms with E-state index in [0.29, 0.717) is 5.56 Å². The summed E-state index contributed by atoms with van der Waals surface area (Å²) in [6.45, 7) is 4.77. The number of hydrazine groups is 1. The summed E-state index contributed by atoms with van der Waals surface area (Å²) in [5.41, 5.74) is 7.30. The van der Waals surface area contributed by atoms with Gasteiger partial charge in [0.15, 0.2) is 0 Å². The number of aryl methyl sites for hydroxylation is 1. The summed E-state index contributed by atoms with van der Waals surface area (Å²) in [5, 5.41) is 0.926. The van der Waals surface area contributed by atoms with Gasteiger partial charge in [0.05, 0.1) is 5.56 Å². The summed E-state index contributed by atoms with van der Waals surface area (Å²) in [6.07, 6.45) is 0. The maximum Gasteiger partial charge on any atom is 0.267 e. The van der Waals surface area contributed by atoms with Crippen molar-refractivity contribution in [1.29, 1.82) is 0 Å². The van der Waals surface area contributed by atoms with Crippen LogP contribution in [0.5, 0.6) is 0 Å². The number of nitrogens with one attached hydrogen (secondary N) is 1. The van der Waals surface area contributed by atoms with Crippen LogP contribution in [0.2, 0.25) is 0 Å². The molecule has 0 radical (unpaired) electrons. The van der Waals surface area contributed by atoms with E-state index >= 15 is 0 Å². The van der Waals surface area contributed by atoms with E-state index in [1.165, 1.54) is 11.1 Å². The minimum absolute atomic E-state index is 0.253. The van der Waals surface area contributed by atoms with Crippen LogP contribution in [0.3, 0.4) is 0 Å². The van der Waals surface area contributed by atoms with Crippen LogP contribution in [0.4, 0.5) is 0 Å². The first-order valence-electron chi connectivity index (χ1n) is 7.26. The molecule has 3 N–H and O–H groups in total. The van der Waals surface area contributed by atoms with Crippen molar-refractivity contribution in [3.05, 3.63) is 70.9 Å². The fourth-order valence-electron chi connectivity index (χ4n) is 2.99. The number of nitrogens with zero attached hydrogens (tertiary/aromatic N) is 1. The first-order chi connectivity index (χ1) is 10.6. The third-order valence-corrected chi connectivity index (χ3v) is 4.01. The Labute approximate surface area is 129 Å². The van der Waals surface area contributed by atoms with E-state index < -0.39 is 0 Å². The van der Waals surface area contributed by atoms with Crippen molar-refractivity contribution < 1.29 is 4.79 Å². The molecule has 22 heavy (non-hydrogen) atoms. The van der Waals surface area contributed by atoms with Crippen molar-refractivity contribution in [2.75, 3.05) is 0 Å². The lowest BCUT2D eigenvalue weighted by Gasteiger charge is -2.09. The molecule has 0 aliphatic rings. The van der Waals surface area contributed by atoms with Gasteiger partial charge in [0.25, 0.3) is 5.91 Å². The van der Waals surface area contributed by atoms with Gasteiger partial charge in [-0.25, -0.2) is 5.84 Å². The maximum atomic E-state index is 12.1. The van der Waals surface area contributed by atoms with E-state index in [2.05, 4.69) is 41.2 Å². The zero-order valence-corrected chi connectivity index (χ0v) is 12.8. The number of hydrogen-bond acceptors (Lipinski definition) is 2. The molecule has 2 aromatic carbocycles. The summed E-state index contributed by atoms with van der Waals surface area (Å²) in [7, 11) is 0. The quantitative estimate of drug-likeness (QED) is 0.443. The van der Waals surface area contributed by atoms with Gasteiger partial charge in [-0.2, -0.15) is 0 Å². The van der Waals surface area contributed by atoms with E-state index in [1.54, 1.807) is 0 Å². The molecule has 0 saturated heterocycles. The minimum Gasteiger partial charge on any atom is -0.340 e. The molecule has 1 aromatic heterocycles. The molecule has 0 unspecified atom stereocenters. The number of aromatic nitrogens is 1. The number of nitrogen functional groups attached to an aromatic ring is 1. The van der Waals surface area contributed by atoms with Crippen LogP contribution in [0.1, 0.15) is 27.2 Å². The second-order valence-electron chi connectivity index (χ2n) is 5.53. The van der Waals surface area contributed by atoms with Crippen LogP contribution < -0.4 is 11.3 Å². The topological polar surface area (TPSA) is 60.0 Å². The van der Waals surface area contributed by atoms with Crippen LogP contribution in [0.25, 0.3) is 10.9 Å². The second-order valence-corrected chi connectivity index (χ2v) is 5.53. The summed E-state index contributed by atoms with van der Waals surface area (Å²) in [5.74, 6) is 5.08. The van der Waals surface area contributed by atoms with Crippen LogP contribution in [-0.2, 0) is 6.54 Å². The first kappa shape index (κ1) is 14.4. The van der Waals surface area contributed by atoms with Gasteiger partial charge >= 0.3 is 0 Å². The molecule has 0 atom stereocenters. The van der Waals surface area contributed by atoms with Gasteiger partial charge in [-0.1, -0.05) is 48.0 Å². The highest BCUT2D eigenvalue weighted by Crippen LogP contribution is 2.26. The summed E-state index contributed by atoms with van der Waals surface area (Å²) in [4.78, 5) is 12.1. The highest BCUT2D eigenvalue weighted by molar-refractivity contribution is 6.08. The molecule has 0 bridgehead atoms. The highest BCUT2D eigenvalue weighted by Gasteiger charge is 2.18. The Morgan fingerprint density at radius 2 is 1.91 bits per heavy atom. The number of fused-ring (bicyclic) bond motifs is 1. The number of carbonyl (C=O) groups is 1. The van der Waals surface area contributed by atoms with E-state index in [4.69, 9.17) is 5.84 Å². The Morgan fingerprint density at radius 3 is 2.64 bits per heavy atom. The van der Waals surface area contributed by atoms with E-state index in [-0.39, 0.29) is 5.91 Å². The molecule has 112 valence electrons. The largest absolute Gasteiger partial charge is 0.340 e. The number of hydrogen-bond donors (Lipinski definition) is 2.